The van der Waals surface area contributed by atoms with Crippen LogP contribution in [0.25, 0.3) is 10.9 Å². The average molecular weight is 447 g/mol. The zero-order chi connectivity index (χ0) is 20.5. The second-order valence-corrected chi connectivity index (χ2v) is 7.71. The van der Waals surface area contributed by atoms with Crippen LogP contribution in [0.3, 0.4) is 0 Å². The van der Waals surface area contributed by atoms with E-state index in [4.69, 9.17) is 11.0 Å². The van der Waals surface area contributed by atoms with Crippen molar-refractivity contribution in [2.75, 3.05) is 6.54 Å². The summed E-state index contributed by atoms with van der Waals surface area (Å²) in [6.45, 7) is -0.199. The Morgan fingerprint density at radius 1 is 1.39 bits per heavy atom. The molecule has 3 rings (SSSR count). The van der Waals surface area contributed by atoms with Crippen LogP contribution in [0.1, 0.15) is 41.7 Å². The summed E-state index contributed by atoms with van der Waals surface area (Å²) in [4.78, 5) is 40.5. The number of carbonyl (C=O) groups is 3. The monoisotopic (exact) mass is 446 g/mol. The molecule has 1 aliphatic carbocycles. The van der Waals surface area contributed by atoms with Crippen LogP contribution in [0.2, 0.25) is 0 Å². The molecule has 1 aliphatic rings. The number of halogens is 1. The predicted octanol–water partition coefficient (Wildman–Crippen LogP) is 2.18. The van der Waals surface area contributed by atoms with Crippen molar-refractivity contribution in [3.63, 3.8) is 0 Å². The number of nitrogens with two attached hydrogens (primary N) is 1. The summed E-state index contributed by atoms with van der Waals surface area (Å²) in [5, 5.41) is 21.6. The highest BCUT2D eigenvalue weighted by Gasteiger charge is 2.53. The highest BCUT2D eigenvalue weighted by atomic mass is 79.9. The Hall–Kier alpha value is -2.86. The smallest absolute Gasteiger partial charge is 0.352 e. The van der Waals surface area contributed by atoms with Crippen molar-refractivity contribution in [2.45, 2.75) is 31.1 Å². The number of fused-ring (bicyclic) bond motifs is 1. The molecule has 1 aromatic carbocycles. The van der Waals surface area contributed by atoms with Crippen molar-refractivity contribution < 1.29 is 19.5 Å². The minimum Gasteiger partial charge on any atom is -0.477 e. The molecule has 2 amide bonds. The fraction of sp³-hybridized carbons (Fsp3) is 0.368. The van der Waals surface area contributed by atoms with E-state index in [2.05, 4.69) is 26.2 Å². The third-order valence-electron chi connectivity index (χ3n) is 5.45. The van der Waals surface area contributed by atoms with Gasteiger partial charge in [-0.1, -0.05) is 25.0 Å². The molecule has 0 bridgehead atoms. The minimum atomic E-state index is -1.48. The predicted molar refractivity (Wildman–Crippen MR) is 104 cm³/mol. The number of carboxylic acids is 1. The summed E-state index contributed by atoms with van der Waals surface area (Å²) in [5.74, 6) is -3.31. The molecule has 0 spiro atoms. The third kappa shape index (κ3) is 3.03. The van der Waals surface area contributed by atoms with Crippen molar-refractivity contribution in [3.05, 3.63) is 33.9 Å². The van der Waals surface area contributed by atoms with E-state index >= 15 is 0 Å². The molecule has 1 fully saturated rings. The lowest BCUT2D eigenvalue weighted by atomic mass is 9.61. The van der Waals surface area contributed by atoms with E-state index in [-0.39, 0.29) is 24.2 Å². The van der Waals surface area contributed by atoms with Crippen molar-refractivity contribution in [1.82, 2.24) is 10.3 Å². The summed E-state index contributed by atoms with van der Waals surface area (Å²) in [6, 6.07) is 7.04. The number of H-pyrrole nitrogens is 1. The van der Waals surface area contributed by atoms with Crippen LogP contribution in [-0.4, -0.2) is 34.4 Å². The number of carboxylic acid groups (broad SMARTS) is 1. The number of amides is 2. The standard InChI is InChI=1S/C19H19BrN4O4/c20-12-6-3-4-10-13(15(17(26)27)24-14(10)12)19(18(22)28)7-2-1-5-11(19)16(25)23-9-8-21/h3-4,6,11,24H,1-2,5,7,9H2,(H2,22,28)(H,23,25)(H,26,27)/t11-,19-/m0/s1. The maximum atomic E-state index is 12.8. The Morgan fingerprint density at radius 3 is 2.79 bits per heavy atom. The van der Waals surface area contributed by atoms with Crippen LogP contribution >= 0.6 is 15.9 Å². The number of carbonyl (C=O) groups excluding carboxylic acids is 2. The summed E-state index contributed by atoms with van der Waals surface area (Å²) in [6.07, 6.45) is 1.96. The lowest BCUT2D eigenvalue weighted by Crippen LogP contribution is -2.54. The molecule has 2 aromatic rings. The summed E-state index contributed by atoms with van der Waals surface area (Å²) in [5.41, 5.74) is 4.97. The Bertz CT molecular complexity index is 1010. The van der Waals surface area contributed by atoms with Gasteiger partial charge in [-0.05, 0) is 34.8 Å². The Balaban J connectivity index is 2.32. The molecule has 0 unspecified atom stereocenters. The van der Waals surface area contributed by atoms with Gasteiger partial charge in [0.1, 0.15) is 12.2 Å². The van der Waals surface area contributed by atoms with Crippen molar-refractivity contribution in [1.29, 1.82) is 5.26 Å². The van der Waals surface area contributed by atoms with E-state index in [0.29, 0.717) is 34.6 Å². The number of benzene rings is 1. The Labute approximate surface area is 169 Å². The number of nitrogens with one attached hydrogen (secondary N) is 2. The molecule has 2 atom stereocenters. The first kappa shape index (κ1) is 19.9. The van der Waals surface area contributed by atoms with Crippen LogP contribution in [0, 0.1) is 17.2 Å². The average Bonchev–Trinajstić information content (AvgIpc) is 3.07. The van der Waals surface area contributed by atoms with Crippen molar-refractivity contribution in [2.24, 2.45) is 11.7 Å². The van der Waals surface area contributed by atoms with Gasteiger partial charge < -0.3 is 21.1 Å². The highest BCUT2D eigenvalue weighted by molar-refractivity contribution is 9.10. The quantitative estimate of drug-likeness (QED) is 0.519. The van der Waals surface area contributed by atoms with Crippen molar-refractivity contribution in [3.8, 4) is 6.07 Å². The van der Waals surface area contributed by atoms with E-state index in [0.717, 1.165) is 0 Å². The largest absolute Gasteiger partial charge is 0.477 e. The van der Waals surface area contributed by atoms with Crippen LogP contribution in [-0.2, 0) is 15.0 Å². The van der Waals surface area contributed by atoms with Gasteiger partial charge in [0.25, 0.3) is 0 Å². The molecule has 1 heterocycles. The van der Waals surface area contributed by atoms with E-state index in [9.17, 15) is 19.5 Å². The van der Waals surface area contributed by atoms with Gasteiger partial charge in [0.15, 0.2) is 0 Å². The number of aromatic nitrogens is 1. The SMILES string of the molecule is N#CCNC(=O)[C@@H]1CCCC[C@@]1(C(N)=O)c1c(C(=O)O)[nH]c2c(Br)cccc12. The molecular weight excluding hydrogens is 428 g/mol. The number of primary amides is 1. The number of hydrogen-bond acceptors (Lipinski definition) is 4. The zero-order valence-electron chi connectivity index (χ0n) is 14.9. The summed E-state index contributed by atoms with van der Waals surface area (Å²) < 4.78 is 0.639. The van der Waals surface area contributed by atoms with Crippen LogP contribution in [0.15, 0.2) is 22.7 Å². The first-order valence-corrected chi connectivity index (χ1v) is 9.62. The van der Waals surface area contributed by atoms with Crippen molar-refractivity contribution >= 4 is 44.6 Å². The zero-order valence-corrected chi connectivity index (χ0v) is 16.5. The Morgan fingerprint density at radius 2 is 2.14 bits per heavy atom. The van der Waals surface area contributed by atoms with Gasteiger partial charge in [0.05, 0.1) is 22.9 Å². The number of nitrogens with zero attached hydrogens (tertiary/aromatic N) is 1. The van der Waals surface area contributed by atoms with Gasteiger partial charge in [0.2, 0.25) is 11.8 Å². The number of nitriles is 1. The molecule has 0 radical (unpaired) electrons. The van der Waals surface area contributed by atoms with Gasteiger partial charge in [-0.3, -0.25) is 9.59 Å². The Kier molecular flexibility index (Phi) is 5.42. The van der Waals surface area contributed by atoms with Crippen LogP contribution in [0.4, 0.5) is 0 Å². The third-order valence-corrected chi connectivity index (χ3v) is 6.11. The number of aromatic amines is 1. The van der Waals surface area contributed by atoms with Crippen LogP contribution < -0.4 is 11.1 Å². The van der Waals surface area contributed by atoms with Gasteiger partial charge >= 0.3 is 5.97 Å². The molecule has 0 saturated heterocycles. The second-order valence-electron chi connectivity index (χ2n) is 6.85. The van der Waals surface area contributed by atoms with E-state index in [1.54, 1.807) is 18.2 Å². The molecule has 28 heavy (non-hydrogen) atoms. The molecule has 8 nitrogen and oxygen atoms in total. The maximum Gasteiger partial charge on any atom is 0.352 e. The molecule has 1 saturated carbocycles. The summed E-state index contributed by atoms with van der Waals surface area (Å²) >= 11 is 3.39. The van der Waals surface area contributed by atoms with Crippen LogP contribution in [0.5, 0.6) is 0 Å². The number of rotatable bonds is 5. The number of aromatic carboxylic acids is 1. The highest BCUT2D eigenvalue weighted by Crippen LogP contribution is 2.48. The molecule has 146 valence electrons. The molecule has 1 aromatic heterocycles. The molecule has 0 aliphatic heterocycles. The number of para-hydroxylation sites is 1. The first-order valence-electron chi connectivity index (χ1n) is 8.83. The lowest BCUT2D eigenvalue weighted by molar-refractivity contribution is -0.137. The minimum absolute atomic E-state index is 0.152. The molecule has 5 N–H and O–H groups in total. The second kappa shape index (κ2) is 7.64. The molecule has 9 heteroatoms. The first-order chi connectivity index (χ1) is 13.3. The van der Waals surface area contributed by atoms with Gasteiger partial charge in [-0.25, -0.2) is 4.79 Å². The molecular formula is C19H19BrN4O4. The lowest BCUT2D eigenvalue weighted by Gasteiger charge is -2.41. The van der Waals surface area contributed by atoms with Gasteiger partial charge in [-0.2, -0.15) is 5.26 Å². The van der Waals surface area contributed by atoms with Gasteiger partial charge in [0, 0.05) is 15.4 Å². The number of hydrogen-bond donors (Lipinski definition) is 4. The normalized spacial score (nSPS) is 21.8. The fourth-order valence-electron chi connectivity index (χ4n) is 4.30. The van der Waals surface area contributed by atoms with E-state index in [1.165, 1.54) is 0 Å². The van der Waals surface area contributed by atoms with Gasteiger partial charge in [-0.15, -0.1) is 0 Å². The topological polar surface area (TPSA) is 149 Å². The van der Waals surface area contributed by atoms with E-state index < -0.39 is 29.1 Å². The summed E-state index contributed by atoms with van der Waals surface area (Å²) in [7, 11) is 0. The fourth-order valence-corrected chi connectivity index (χ4v) is 4.77. The maximum absolute atomic E-state index is 12.8. The van der Waals surface area contributed by atoms with E-state index in [1.807, 2.05) is 6.07 Å².